The Morgan fingerprint density at radius 1 is 1.05 bits per heavy atom. The Balaban J connectivity index is 1.48. The molecule has 0 spiro atoms. The predicted octanol–water partition coefficient (Wildman–Crippen LogP) is 2.64. The summed E-state index contributed by atoms with van der Waals surface area (Å²) >= 11 is 0. The fourth-order valence-corrected chi connectivity index (χ4v) is 4.47. The lowest BCUT2D eigenvalue weighted by Gasteiger charge is -2.42. The van der Waals surface area contributed by atoms with Gasteiger partial charge in [-0.1, -0.05) is 19.3 Å². The molecule has 3 atom stereocenters. The van der Waals surface area contributed by atoms with Gasteiger partial charge in [0.25, 0.3) is 0 Å². The summed E-state index contributed by atoms with van der Waals surface area (Å²) in [5.74, 6) is 2.31. The van der Waals surface area contributed by atoms with E-state index in [0.29, 0.717) is 12.0 Å². The Kier molecular flexibility index (Phi) is 5.58. The van der Waals surface area contributed by atoms with Crippen LogP contribution in [0.1, 0.15) is 58.3 Å². The molecule has 1 aliphatic heterocycles. The third-order valence-corrected chi connectivity index (χ3v) is 6.15. The monoisotopic (exact) mass is 294 g/mol. The minimum Gasteiger partial charge on any atom is -0.393 e. The van der Waals surface area contributed by atoms with Crippen molar-refractivity contribution >= 4 is 0 Å². The molecular weight excluding hydrogens is 260 g/mol. The summed E-state index contributed by atoms with van der Waals surface area (Å²) in [6.07, 6.45) is 11.0. The van der Waals surface area contributed by atoms with E-state index < -0.39 is 0 Å². The summed E-state index contributed by atoms with van der Waals surface area (Å²) in [7, 11) is 0. The van der Waals surface area contributed by atoms with Crippen LogP contribution in [-0.2, 0) is 0 Å². The number of hydrogen-bond acceptors (Lipinski definition) is 3. The van der Waals surface area contributed by atoms with Gasteiger partial charge in [-0.15, -0.1) is 0 Å². The Bertz CT molecular complexity index is 310. The van der Waals surface area contributed by atoms with E-state index in [1.54, 1.807) is 0 Å². The first kappa shape index (κ1) is 15.8. The van der Waals surface area contributed by atoms with Gasteiger partial charge < -0.3 is 15.3 Å². The molecule has 3 unspecified atom stereocenters. The second-order valence-electron chi connectivity index (χ2n) is 8.01. The molecule has 122 valence electrons. The SMILES string of the molecule is CC(O)C1CC(NCC2CCCC2)CN(CC2CCC2)C1. The van der Waals surface area contributed by atoms with Gasteiger partial charge in [0, 0.05) is 25.7 Å². The Hall–Kier alpha value is -0.120. The van der Waals surface area contributed by atoms with E-state index in [1.807, 2.05) is 6.92 Å². The Morgan fingerprint density at radius 2 is 1.76 bits per heavy atom. The normalized spacial score (nSPS) is 34.0. The summed E-state index contributed by atoms with van der Waals surface area (Å²) in [6.45, 7) is 6.76. The van der Waals surface area contributed by atoms with Crippen molar-refractivity contribution in [1.82, 2.24) is 10.2 Å². The van der Waals surface area contributed by atoms with Crippen LogP contribution in [0, 0.1) is 17.8 Å². The molecule has 0 aromatic rings. The zero-order chi connectivity index (χ0) is 14.7. The van der Waals surface area contributed by atoms with Gasteiger partial charge in [-0.25, -0.2) is 0 Å². The van der Waals surface area contributed by atoms with Crippen molar-refractivity contribution in [3.05, 3.63) is 0 Å². The third-order valence-electron chi connectivity index (χ3n) is 6.15. The van der Waals surface area contributed by atoms with E-state index >= 15 is 0 Å². The van der Waals surface area contributed by atoms with Gasteiger partial charge >= 0.3 is 0 Å². The van der Waals surface area contributed by atoms with Crippen LogP contribution in [0.5, 0.6) is 0 Å². The zero-order valence-electron chi connectivity index (χ0n) is 13.8. The molecule has 21 heavy (non-hydrogen) atoms. The van der Waals surface area contributed by atoms with Crippen molar-refractivity contribution in [3.8, 4) is 0 Å². The molecule has 3 heteroatoms. The molecule has 1 heterocycles. The maximum absolute atomic E-state index is 10.0. The molecule has 3 aliphatic rings. The average Bonchev–Trinajstić information content (AvgIpc) is 2.94. The van der Waals surface area contributed by atoms with Gasteiger partial charge in [0.05, 0.1) is 6.10 Å². The quantitative estimate of drug-likeness (QED) is 0.790. The van der Waals surface area contributed by atoms with Crippen molar-refractivity contribution in [1.29, 1.82) is 0 Å². The summed E-state index contributed by atoms with van der Waals surface area (Å²) in [6, 6.07) is 0.596. The lowest BCUT2D eigenvalue weighted by Crippen LogP contribution is -2.53. The minimum absolute atomic E-state index is 0.162. The highest BCUT2D eigenvalue weighted by Crippen LogP contribution is 2.30. The van der Waals surface area contributed by atoms with E-state index in [0.717, 1.165) is 24.8 Å². The van der Waals surface area contributed by atoms with Crippen LogP contribution in [0.3, 0.4) is 0 Å². The highest BCUT2D eigenvalue weighted by Gasteiger charge is 2.32. The van der Waals surface area contributed by atoms with Crippen LogP contribution in [0.2, 0.25) is 0 Å². The van der Waals surface area contributed by atoms with Crippen LogP contribution in [0.15, 0.2) is 0 Å². The van der Waals surface area contributed by atoms with Crippen molar-refractivity contribution in [2.75, 3.05) is 26.2 Å². The van der Waals surface area contributed by atoms with Crippen LogP contribution < -0.4 is 5.32 Å². The number of hydrogen-bond donors (Lipinski definition) is 2. The van der Waals surface area contributed by atoms with Gasteiger partial charge in [0.15, 0.2) is 0 Å². The molecule has 3 nitrogen and oxygen atoms in total. The molecule has 3 fully saturated rings. The largest absolute Gasteiger partial charge is 0.393 e. The summed E-state index contributed by atoms with van der Waals surface area (Å²) in [5, 5.41) is 13.9. The van der Waals surface area contributed by atoms with E-state index in [4.69, 9.17) is 0 Å². The van der Waals surface area contributed by atoms with Gasteiger partial charge in [0.2, 0.25) is 0 Å². The first-order valence-electron chi connectivity index (χ1n) is 9.34. The summed E-state index contributed by atoms with van der Waals surface area (Å²) < 4.78 is 0. The first-order valence-corrected chi connectivity index (χ1v) is 9.34. The molecule has 0 radical (unpaired) electrons. The van der Waals surface area contributed by atoms with Gasteiger partial charge in [0.1, 0.15) is 0 Å². The van der Waals surface area contributed by atoms with E-state index in [-0.39, 0.29) is 6.10 Å². The van der Waals surface area contributed by atoms with Crippen LogP contribution in [0.25, 0.3) is 0 Å². The maximum atomic E-state index is 10.0. The second-order valence-corrected chi connectivity index (χ2v) is 8.01. The van der Waals surface area contributed by atoms with Crippen molar-refractivity contribution in [2.45, 2.75) is 70.4 Å². The van der Waals surface area contributed by atoms with Crippen molar-refractivity contribution < 1.29 is 5.11 Å². The smallest absolute Gasteiger partial charge is 0.0553 e. The van der Waals surface area contributed by atoms with E-state index in [2.05, 4.69) is 10.2 Å². The number of aliphatic hydroxyl groups is 1. The van der Waals surface area contributed by atoms with Crippen LogP contribution >= 0.6 is 0 Å². The molecule has 0 aromatic heterocycles. The topological polar surface area (TPSA) is 35.5 Å². The molecule has 0 bridgehead atoms. The number of nitrogens with one attached hydrogen (secondary N) is 1. The molecule has 2 saturated carbocycles. The number of rotatable bonds is 6. The Morgan fingerprint density at radius 3 is 2.38 bits per heavy atom. The molecule has 1 saturated heterocycles. The molecule has 2 aliphatic carbocycles. The predicted molar refractivity (Wildman–Crippen MR) is 87.3 cm³/mol. The van der Waals surface area contributed by atoms with Crippen LogP contribution in [-0.4, -0.2) is 48.3 Å². The molecule has 2 N–H and O–H groups in total. The van der Waals surface area contributed by atoms with Gasteiger partial charge in [-0.2, -0.15) is 0 Å². The maximum Gasteiger partial charge on any atom is 0.0553 e. The highest BCUT2D eigenvalue weighted by atomic mass is 16.3. The first-order chi connectivity index (χ1) is 10.2. The molecule has 3 rings (SSSR count). The van der Waals surface area contributed by atoms with Crippen molar-refractivity contribution in [2.24, 2.45) is 17.8 Å². The molecular formula is C18H34N2O. The highest BCUT2D eigenvalue weighted by molar-refractivity contribution is 4.88. The fraction of sp³-hybridized carbons (Fsp3) is 1.00. The Labute approximate surface area is 130 Å². The van der Waals surface area contributed by atoms with Gasteiger partial charge in [-0.3, -0.25) is 0 Å². The van der Waals surface area contributed by atoms with Crippen LogP contribution in [0.4, 0.5) is 0 Å². The van der Waals surface area contributed by atoms with E-state index in [1.165, 1.54) is 64.6 Å². The molecule has 0 amide bonds. The lowest BCUT2D eigenvalue weighted by molar-refractivity contribution is 0.0346. The minimum atomic E-state index is -0.162. The van der Waals surface area contributed by atoms with Gasteiger partial charge in [-0.05, 0) is 63.3 Å². The standard InChI is InChI=1S/C18H34N2O/c1-14(21)17-9-18(19-10-15-5-2-3-6-15)13-20(12-17)11-16-7-4-8-16/h14-19,21H,2-13H2,1H3. The molecule has 0 aromatic carbocycles. The third kappa shape index (κ3) is 4.43. The van der Waals surface area contributed by atoms with Crippen molar-refractivity contribution in [3.63, 3.8) is 0 Å². The number of likely N-dealkylation sites (tertiary alicyclic amines) is 1. The lowest BCUT2D eigenvalue weighted by atomic mass is 9.83. The second kappa shape index (κ2) is 7.43. The number of piperidine rings is 1. The number of nitrogens with zero attached hydrogens (tertiary/aromatic N) is 1. The average molecular weight is 294 g/mol. The van der Waals surface area contributed by atoms with E-state index in [9.17, 15) is 5.11 Å². The summed E-state index contributed by atoms with van der Waals surface area (Å²) in [5.41, 5.74) is 0. The number of aliphatic hydroxyl groups excluding tert-OH is 1. The fourth-order valence-electron chi connectivity index (χ4n) is 4.47. The zero-order valence-corrected chi connectivity index (χ0v) is 13.8. The summed E-state index contributed by atoms with van der Waals surface area (Å²) in [4.78, 5) is 2.64.